The van der Waals surface area contributed by atoms with E-state index in [1.54, 1.807) is 6.07 Å². The average Bonchev–Trinajstić information content (AvgIpc) is 3.46. The van der Waals surface area contributed by atoms with Gasteiger partial charge in [-0.25, -0.2) is 0 Å². The minimum Gasteiger partial charge on any atom is -0.481 e. The fraction of sp³-hybridized carbons (Fsp3) is 0.512. The van der Waals surface area contributed by atoms with Gasteiger partial charge in [-0.15, -0.1) is 0 Å². The van der Waals surface area contributed by atoms with E-state index in [2.05, 4.69) is 29.1 Å². The summed E-state index contributed by atoms with van der Waals surface area (Å²) in [5.74, 6) is -1.50. The quantitative estimate of drug-likeness (QED) is 0.0578. The lowest BCUT2D eigenvalue weighted by Gasteiger charge is -2.27. The maximum Gasteiger partial charge on any atom is 0.303 e. The first-order chi connectivity index (χ1) is 26.7. The molecule has 0 radical (unpaired) electrons. The van der Waals surface area contributed by atoms with Gasteiger partial charge in [-0.05, 0) is 81.4 Å². The summed E-state index contributed by atoms with van der Waals surface area (Å²) in [4.78, 5) is 37.4. The molecule has 2 aromatic carbocycles. The van der Waals surface area contributed by atoms with Gasteiger partial charge in [-0.3, -0.25) is 23.5 Å². The summed E-state index contributed by atoms with van der Waals surface area (Å²) in [7, 11) is -8.65. The number of anilines is 1. The number of amides is 2. The highest BCUT2D eigenvalue weighted by Gasteiger charge is 2.45. The fourth-order valence-corrected chi connectivity index (χ4v) is 8.54. The number of carbonyl (C=O) groups excluding carboxylic acids is 2. The number of aliphatic carboxylic acids is 1. The number of benzene rings is 2. The molecule has 2 heterocycles. The topological polar surface area (TPSA) is 210 Å². The van der Waals surface area contributed by atoms with Crippen LogP contribution in [0.5, 0.6) is 0 Å². The molecular weight excluding hydrogens is 773 g/mol. The summed E-state index contributed by atoms with van der Waals surface area (Å²) in [6, 6.07) is 10.4. The van der Waals surface area contributed by atoms with Crippen molar-refractivity contribution in [2.45, 2.75) is 115 Å². The van der Waals surface area contributed by atoms with E-state index in [1.165, 1.54) is 12.1 Å². The van der Waals surface area contributed by atoms with Crippen molar-refractivity contribution >= 4 is 55.1 Å². The van der Waals surface area contributed by atoms with Gasteiger partial charge in [0.15, 0.2) is 5.71 Å². The number of hydrogen-bond donors (Lipinski definition) is 5. The van der Waals surface area contributed by atoms with Gasteiger partial charge in [0.05, 0.1) is 16.1 Å². The molecule has 0 aliphatic carbocycles. The van der Waals surface area contributed by atoms with Gasteiger partial charge in [0.1, 0.15) is 6.54 Å². The van der Waals surface area contributed by atoms with Crippen molar-refractivity contribution in [3.05, 3.63) is 77.0 Å². The second kappa shape index (κ2) is 18.9. The van der Waals surface area contributed by atoms with Crippen LogP contribution in [0.3, 0.4) is 0 Å². The van der Waals surface area contributed by atoms with Crippen LogP contribution in [0.4, 0.5) is 11.4 Å². The zero-order chi connectivity index (χ0) is 42.2. The molecule has 14 nitrogen and oxygen atoms in total. The fourth-order valence-electron chi connectivity index (χ4n) is 7.54. The largest absolute Gasteiger partial charge is 0.481 e. The Kier molecular flexibility index (Phi) is 15.0. The predicted octanol–water partition coefficient (Wildman–Crippen LogP) is 5.78. The lowest BCUT2D eigenvalue weighted by Crippen LogP contribution is -2.29. The summed E-state index contributed by atoms with van der Waals surface area (Å²) in [5, 5.41) is 14.8. The monoisotopic (exact) mass is 829 g/mol. The Morgan fingerprint density at radius 3 is 2.18 bits per heavy atom. The first-order valence-corrected chi connectivity index (χ1v) is 22.5. The molecule has 0 saturated heterocycles. The van der Waals surface area contributed by atoms with Crippen LogP contribution < -0.4 is 15.5 Å². The summed E-state index contributed by atoms with van der Waals surface area (Å²) >= 11 is 0. The van der Waals surface area contributed by atoms with Crippen LogP contribution in [-0.2, 0) is 52.0 Å². The molecule has 0 fully saturated rings. The third-order valence-corrected chi connectivity index (χ3v) is 12.2. The minimum atomic E-state index is -4.46. The molecule has 0 aromatic heterocycles. The van der Waals surface area contributed by atoms with Crippen LogP contribution in [0.2, 0.25) is 0 Å². The van der Waals surface area contributed by atoms with Gasteiger partial charge in [0.25, 0.3) is 20.2 Å². The Hall–Kier alpha value is -4.38. The number of carboxylic acid groups (broad SMARTS) is 1. The van der Waals surface area contributed by atoms with E-state index >= 15 is 0 Å². The van der Waals surface area contributed by atoms with E-state index in [0.717, 1.165) is 40.3 Å². The van der Waals surface area contributed by atoms with Crippen molar-refractivity contribution in [1.29, 1.82) is 0 Å². The minimum absolute atomic E-state index is 0.0689. The van der Waals surface area contributed by atoms with Crippen molar-refractivity contribution < 1.29 is 50.0 Å². The molecule has 0 atom stereocenters. The second-order valence-corrected chi connectivity index (χ2v) is 18.7. The SMILES string of the molecule is CCCNC(=O)CCCC(=O)NCc1ccc2c(c1)C(C)(C)C(=CC=CC1=[N+](CCCCCC(=O)O)c3ccc(S(=O)(=O)O)cc3C1(C)C)N2CCCS(=O)(=O)O. The van der Waals surface area contributed by atoms with E-state index in [4.69, 9.17) is 5.11 Å². The van der Waals surface area contributed by atoms with Gasteiger partial charge < -0.3 is 20.6 Å². The van der Waals surface area contributed by atoms with E-state index in [9.17, 15) is 40.3 Å². The molecule has 2 aliphatic heterocycles. The highest BCUT2D eigenvalue weighted by Crippen LogP contribution is 2.48. The van der Waals surface area contributed by atoms with Crippen LogP contribution in [0, 0.1) is 0 Å². The number of nitrogens with one attached hydrogen (secondary N) is 2. The number of allylic oxidation sites excluding steroid dienone is 4. The number of rotatable bonds is 21. The van der Waals surface area contributed by atoms with Gasteiger partial charge in [0.2, 0.25) is 17.5 Å². The Labute approximate surface area is 336 Å². The Morgan fingerprint density at radius 1 is 0.825 bits per heavy atom. The van der Waals surface area contributed by atoms with Gasteiger partial charge in [0, 0.05) is 79.8 Å². The zero-order valence-electron chi connectivity index (χ0n) is 33.5. The number of carbonyl (C=O) groups is 3. The van der Waals surface area contributed by atoms with Crippen molar-refractivity contribution in [2.75, 3.05) is 30.3 Å². The van der Waals surface area contributed by atoms with Crippen molar-refractivity contribution in [3.8, 4) is 0 Å². The maximum atomic E-state index is 12.6. The number of unbranched alkanes of at least 4 members (excludes halogenated alkanes) is 2. The molecular formula is C41H57N4O10S2+. The highest BCUT2D eigenvalue weighted by molar-refractivity contribution is 7.86. The number of carboxylic acids is 1. The van der Waals surface area contributed by atoms with E-state index in [0.29, 0.717) is 50.9 Å². The van der Waals surface area contributed by atoms with E-state index in [1.807, 2.05) is 62.1 Å². The molecule has 0 unspecified atom stereocenters. The molecule has 2 aliphatic rings. The third-order valence-electron chi connectivity index (χ3n) is 10.6. The van der Waals surface area contributed by atoms with Crippen LogP contribution in [0.1, 0.15) is 109 Å². The Bertz CT molecular complexity index is 2160. The standard InChI is InChI=1S/C41H56N4O10S2/c1-6-22-42-37(46)15-11-16-38(47)43-28-29-18-20-33-31(26-29)40(2,3)35(45(33)24-12-25-56(50,51)52)13-10-14-36-41(4,5)32-27-30(57(53,54)55)19-21-34(32)44(36)23-9-7-8-17-39(48)49/h10,13-14,18-21,26-27H,6-9,11-12,15-17,22-25,28H2,1-5H3,(H4-,42,43,46,47,48,49,50,51,52,53,54,55)/p+1. The Balaban J connectivity index is 1.64. The molecule has 5 N–H and O–H groups in total. The van der Waals surface area contributed by atoms with Gasteiger partial charge >= 0.3 is 5.97 Å². The summed E-state index contributed by atoms with van der Waals surface area (Å²) in [6.45, 7) is 11.8. The van der Waals surface area contributed by atoms with Crippen LogP contribution in [0.15, 0.2) is 65.2 Å². The summed E-state index contributed by atoms with van der Waals surface area (Å²) < 4.78 is 68.9. The third kappa shape index (κ3) is 11.8. The van der Waals surface area contributed by atoms with Crippen molar-refractivity contribution in [2.24, 2.45) is 0 Å². The van der Waals surface area contributed by atoms with Crippen LogP contribution >= 0.6 is 0 Å². The predicted molar refractivity (Wildman–Crippen MR) is 219 cm³/mol. The molecule has 2 amide bonds. The lowest BCUT2D eigenvalue weighted by molar-refractivity contribution is -0.438. The van der Waals surface area contributed by atoms with Crippen LogP contribution in [-0.4, -0.2) is 84.5 Å². The molecule has 0 spiro atoms. The summed E-state index contributed by atoms with van der Waals surface area (Å²) in [6.07, 6.45) is 9.74. The number of fused-ring (bicyclic) bond motifs is 2. The molecule has 57 heavy (non-hydrogen) atoms. The van der Waals surface area contributed by atoms with Gasteiger partial charge in [-0.2, -0.15) is 21.4 Å². The number of nitrogens with zero attached hydrogens (tertiary/aromatic N) is 2. The van der Waals surface area contributed by atoms with Crippen molar-refractivity contribution in [1.82, 2.24) is 10.6 Å². The highest BCUT2D eigenvalue weighted by atomic mass is 32.2. The smallest absolute Gasteiger partial charge is 0.303 e. The van der Waals surface area contributed by atoms with E-state index < -0.39 is 42.8 Å². The Morgan fingerprint density at radius 2 is 1.53 bits per heavy atom. The van der Waals surface area contributed by atoms with Gasteiger partial charge in [-0.1, -0.05) is 39.0 Å². The maximum absolute atomic E-state index is 12.6. The first-order valence-electron chi connectivity index (χ1n) is 19.4. The van der Waals surface area contributed by atoms with Crippen molar-refractivity contribution in [3.63, 3.8) is 0 Å². The lowest BCUT2D eigenvalue weighted by atomic mass is 9.81. The molecule has 312 valence electrons. The first kappa shape index (κ1) is 45.3. The van der Waals surface area contributed by atoms with Crippen LogP contribution in [0.25, 0.3) is 0 Å². The zero-order valence-corrected chi connectivity index (χ0v) is 35.1. The molecule has 4 rings (SSSR count). The normalized spacial score (nSPS) is 16.6. The molecule has 2 aromatic rings. The molecule has 0 saturated carbocycles. The average molecular weight is 830 g/mol. The number of hydrogen-bond acceptors (Lipinski definition) is 8. The van der Waals surface area contributed by atoms with E-state index in [-0.39, 0.29) is 48.9 Å². The second-order valence-electron chi connectivity index (χ2n) is 15.7. The molecule has 16 heteroatoms. The summed E-state index contributed by atoms with van der Waals surface area (Å²) in [5.41, 5.74) is 4.69. The molecule has 0 bridgehead atoms.